The van der Waals surface area contributed by atoms with Crippen LogP contribution in [0.4, 0.5) is 0 Å². The van der Waals surface area contributed by atoms with Gasteiger partial charge in [0.2, 0.25) is 0 Å². The van der Waals surface area contributed by atoms with Gasteiger partial charge < -0.3 is 4.74 Å². The normalized spacial score (nSPS) is 11.5. The van der Waals surface area contributed by atoms with E-state index in [0.717, 1.165) is 12.8 Å². The topological polar surface area (TPSA) is 9.23 Å². The summed E-state index contributed by atoms with van der Waals surface area (Å²) in [5.74, 6) is 0. The van der Waals surface area contributed by atoms with Crippen molar-refractivity contribution in [2.75, 3.05) is 7.11 Å². The van der Waals surface area contributed by atoms with Crippen molar-refractivity contribution in [3.63, 3.8) is 0 Å². The van der Waals surface area contributed by atoms with Crippen molar-refractivity contribution in [3.8, 4) is 0 Å². The number of methoxy groups -OCH3 is 1. The number of allylic oxidation sites excluding steroid dienone is 2. The Morgan fingerprint density at radius 3 is 2.54 bits per heavy atom. The van der Waals surface area contributed by atoms with Crippen molar-refractivity contribution in [1.29, 1.82) is 0 Å². The molecule has 0 aromatic carbocycles. The first-order chi connectivity index (χ1) is 6.20. The Labute approximate surface area is 82.5 Å². The zero-order valence-corrected chi connectivity index (χ0v) is 9.23. The molecule has 1 heteroatoms. The van der Waals surface area contributed by atoms with E-state index in [1.807, 2.05) is 6.26 Å². The van der Waals surface area contributed by atoms with Gasteiger partial charge in [-0.1, -0.05) is 31.9 Å². The van der Waals surface area contributed by atoms with Crippen LogP contribution in [0.5, 0.6) is 0 Å². The van der Waals surface area contributed by atoms with Gasteiger partial charge in [0, 0.05) is 0 Å². The third-order valence-electron chi connectivity index (χ3n) is 1.91. The van der Waals surface area contributed by atoms with Crippen LogP contribution in [0.2, 0.25) is 0 Å². The van der Waals surface area contributed by atoms with Crippen molar-refractivity contribution in [2.24, 2.45) is 0 Å². The second kappa shape index (κ2) is 7.90. The summed E-state index contributed by atoms with van der Waals surface area (Å²) in [6, 6.07) is 0. The van der Waals surface area contributed by atoms with E-state index in [4.69, 9.17) is 4.74 Å². The summed E-state index contributed by atoms with van der Waals surface area (Å²) in [5.41, 5.74) is 2.57. The third-order valence-corrected chi connectivity index (χ3v) is 1.91. The maximum absolute atomic E-state index is 5.03. The molecule has 0 aromatic heterocycles. The van der Waals surface area contributed by atoms with Crippen molar-refractivity contribution in [2.45, 2.75) is 46.0 Å². The highest BCUT2D eigenvalue weighted by Crippen LogP contribution is 2.16. The number of hydrogen-bond donors (Lipinski definition) is 0. The van der Waals surface area contributed by atoms with Gasteiger partial charge in [0.15, 0.2) is 0 Å². The molecule has 0 heterocycles. The Morgan fingerprint density at radius 1 is 1.38 bits per heavy atom. The van der Waals surface area contributed by atoms with Gasteiger partial charge in [-0.15, -0.1) is 0 Å². The minimum atomic E-state index is 0.984. The summed E-state index contributed by atoms with van der Waals surface area (Å²) < 4.78 is 5.03. The summed E-state index contributed by atoms with van der Waals surface area (Å²) in [6.45, 7) is 8.19. The molecule has 0 amide bonds. The molecule has 0 radical (unpaired) electrons. The summed E-state index contributed by atoms with van der Waals surface area (Å²) >= 11 is 0. The number of unbranched alkanes of at least 4 members (excludes halogenated alkanes) is 2. The summed E-state index contributed by atoms with van der Waals surface area (Å²) in [4.78, 5) is 0. The van der Waals surface area contributed by atoms with Gasteiger partial charge in [-0.25, -0.2) is 0 Å². The maximum Gasteiger partial charge on any atom is 0.0819 e. The van der Waals surface area contributed by atoms with E-state index < -0.39 is 0 Å². The predicted molar refractivity (Wildman–Crippen MR) is 58.7 cm³/mol. The Bertz CT molecular complexity index is 168. The van der Waals surface area contributed by atoms with Crippen LogP contribution in [0.1, 0.15) is 46.0 Å². The molecule has 0 aliphatic heterocycles. The molecule has 0 atom stereocenters. The van der Waals surface area contributed by atoms with Gasteiger partial charge >= 0.3 is 0 Å². The molecule has 0 aromatic rings. The molecule has 0 rings (SSSR count). The fraction of sp³-hybridized carbons (Fsp3) is 0.667. The highest BCUT2D eigenvalue weighted by Gasteiger charge is 1.98. The van der Waals surface area contributed by atoms with E-state index >= 15 is 0 Å². The van der Waals surface area contributed by atoms with Gasteiger partial charge in [0.25, 0.3) is 0 Å². The largest absolute Gasteiger partial charge is 0.504 e. The zero-order valence-electron chi connectivity index (χ0n) is 9.23. The molecule has 0 fully saturated rings. The summed E-state index contributed by atoms with van der Waals surface area (Å²) in [6.07, 6.45) is 7.83. The lowest BCUT2D eigenvalue weighted by Crippen LogP contribution is -1.87. The molecule has 0 saturated carbocycles. The molecule has 0 N–H and O–H groups in total. The monoisotopic (exact) mass is 182 g/mol. The standard InChI is InChI=1S/C12H22O/c1-5-6-7-8-12(10-13-4)9-11(2)3/h10H,2,5-9H2,1,3-4H3/b12-10-. The lowest BCUT2D eigenvalue weighted by atomic mass is 10.0. The fourth-order valence-electron chi connectivity index (χ4n) is 1.35. The Morgan fingerprint density at radius 2 is 2.08 bits per heavy atom. The first-order valence-electron chi connectivity index (χ1n) is 5.05. The average molecular weight is 182 g/mol. The molecule has 76 valence electrons. The average Bonchev–Trinajstić information content (AvgIpc) is 2.04. The molecule has 0 saturated heterocycles. The fourth-order valence-corrected chi connectivity index (χ4v) is 1.35. The Balaban J connectivity index is 3.81. The minimum absolute atomic E-state index is 0.984. The quantitative estimate of drug-likeness (QED) is 0.328. The van der Waals surface area contributed by atoms with Crippen LogP contribution in [-0.4, -0.2) is 7.11 Å². The molecule has 13 heavy (non-hydrogen) atoms. The van der Waals surface area contributed by atoms with Crippen LogP contribution in [0, 0.1) is 0 Å². The van der Waals surface area contributed by atoms with Gasteiger partial charge in [0.1, 0.15) is 0 Å². The van der Waals surface area contributed by atoms with Crippen molar-refractivity contribution >= 4 is 0 Å². The SMILES string of the molecule is C=C(C)C/C(=C\OC)CCCCC. The molecule has 0 aliphatic carbocycles. The number of ether oxygens (including phenoxy) is 1. The molecule has 0 aliphatic rings. The Hall–Kier alpha value is -0.720. The van der Waals surface area contributed by atoms with Crippen LogP contribution in [0.15, 0.2) is 24.0 Å². The van der Waals surface area contributed by atoms with Crippen LogP contribution in [0.3, 0.4) is 0 Å². The van der Waals surface area contributed by atoms with Gasteiger partial charge in [-0.2, -0.15) is 0 Å². The third kappa shape index (κ3) is 7.63. The first kappa shape index (κ1) is 12.3. The van der Waals surface area contributed by atoms with Crippen molar-refractivity contribution < 1.29 is 4.74 Å². The first-order valence-corrected chi connectivity index (χ1v) is 5.05. The van der Waals surface area contributed by atoms with E-state index in [1.165, 1.54) is 30.4 Å². The van der Waals surface area contributed by atoms with Gasteiger partial charge in [-0.05, 0) is 31.8 Å². The zero-order chi connectivity index (χ0) is 10.1. The molecule has 0 unspecified atom stereocenters. The smallest absolute Gasteiger partial charge is 0.0819 e. The highest BCUT2D eigenvalue weighted by atomic mass is 16.5. The van der Waals surface area contributed by atoms with Gasteiger partial charge in [-0.3, -0.25) is 0 Å². The van der Waals surface area contributed by atoms with E-state index in [0.29, 0.717) is 0 Å². The molecular weight excluding hydrogens is 160 g/mol. The van der Waals surface area contributed by atoms with Crippen LogP contribution >= 0.6 is 0 Å². The van der Waals surface area contributed by atoms with Crippen LogP contribution in [0.25, 0.3) is 0 Å². The van der Waals surface area contributed by atoms with E-state index in [-0.39, 0.29) is 0 Å². The summed E-state index contributed by atoms with van der Waals surface area (Å²) in [7, 11) is 1.71. The lowest BCUT2D eigenvalue weighted by molar-refractivity contribution is 0.331. The predicted octanol–water partition coefficient (Wildman–Crippen LogP) is 4.06. The molecular formula is C12H22O. The van der Waals surface area contributed by atoms with Crippen molar-refractivity contribution in [3.05, 3.63) is 24.0 Å². The molecule has 0 bridgehead atoms. The Kier molecular flexibility index (Phi) is 7.47. The number of hydrogen-bond acceptors (Lipinski definition) is 1. The highest BCUT2D eigenvalue weighted by molar-refractivity contribution is 5.09. The molecule has 0 spiro atoms. The van der Waals surface area contributed by atoms with Crippen LogP contribution < -0.4 is 0 Å². The van der Waals surface area contributed by atoms with Crippen molar-refractivity contribution in [1.82, 2.24) is 0 Å². The number of rotatable bonds is 7. The second-order valence-corrected chi connectivity index (χ2v) is 3.60. The minimum Gasteiger partial charge on any atom is -0.504 e. The van der Waals surface area contributed by atoms with Gasteiger partial charge in [0.05, 0.1) is 13.4 Å². The second-order valence-electron chi connectivity index (χ2n) is 3.60. The van der Waals surface area contributed by atoms with Crippen LogP contribution in [-0.2, 0) is 4.74 Å². The van der Waals surface area contributed by atoms with E-state index in [1.54, 1.807) is 7.11 Å². The van der Waals surface area contributed by atoms with E-state index in [2.05, 4.69) is 20.4 Å². The lowest BCUT2D eigenvalue weighted by Gasteiger charge is -2.06. The molecule has 1 nitrogen and oxygen atoms in total. The summed E-state index contributed by atoms with van der Waals surface area (Å²) in [5, 5.41) is 0. The maximum atomic E-state index is 5.03. The van der Waals surface area contributed by atoms with E-state index in [9.17, 15) is 0 Å².